The summed E-state index contributed by atoms with van der Waals surface area (Å²) in [4.78, 5) is 12.2. The number of methoxy groups -OCH3 is 1. The van der Waals surface area contributed by atoms with E-state index in [1.165, 1.54) is 6.21 Å². The third kappa shape index (κ3) is 6.23. The van der Waals surface area contributed by atoms with Crippen LogP contribution >= 0.6 is 11.6 Å². The second-order valence-corrected chi connectivity index (χ2v) is 6.87. The maximum Gasteiger partial charge on any atom is 0.271 e. The van der Waals surface area contributed by atoms with Crippen LogP contribution in [0, 0.1) is 0 Å². The van der Waals surface area contributed by atoms with E-state index in [4.69, 9.17) is 25.8 Å². The first-order valence-electron chi connectivity index (χ1n) is 9.71. The summed E-state index contributed by atoms with van der Waals surface area (Å²) in [7, 11) is 1.57. The average Bonchev–Trinajstić information content (AvgIpc) is 2.79. The van der Waals surface area contributed by atoms with E-state index in [0.717, 1.165) is 5.56 Å². The van der Waals surface area contributed by atoms with Crippen molar-refractivity contribution in [2.45, 2.75) is 13.5 Å². The van der Waals surface area contributed by atoms with Gasteiger partial charge in [-0.15, -0.1) is 0 Å². The molecule has 0 aromatic heterocycles. The van der Waals surface area contributed by atoms with Crippen LogP contribution in [-0.4, -0.2) is 25.8 Å². The molecule has 0 saturated heterocycles. The third-order valence-corrected chi connectivity index (χ3v) is 4.57. The van der Waals surface area contributed by atoms with Gasteiger partial charge in [-0.25, -0.2) is 5.43 Å². The van der Waals surface area contributed by atoms with E-state index in [-0.39, 0.29) is 5.91 Å². The molecule has 0 bridgehead atoms. The SMILES string of the molecule is CCOc1cc(/C=N\NC(=O)c2ccc(OC)cc2)cc(Cl)c1OCc1ccccc1. The van der Waals surface area contributed by atoms with Gasteiger partial charge < -0.3 is 14.2 Å². The van der Waals surface area contributed by atoms with E-state index in [1.807, 2.05) is 37.3 Å². The van der Waals surface area contributed by atoms with E-state index in [0.29, 0.717) is 46.6 Å². The first-order valence-corrected chi connectivity index (χ1v) is 10.1. The molecule has 0 heterocycles. The van der Waals surface area contributed by atoms with Crippen LogP contribution in [0.15, 0.2) is 71.8 Å². The molecule has 0 radical (unpaired) electrons. The van der Waals surface area contributed by atoms with Crippen molar-refractivity contribution in [2.75, 3.05) is 13.7 Å². The fraction of sp³-hybridized carbons (Fsp3) is 0.167. The van der Waals surface area contributed by atoms with E-state index in [2.05, 4.69) is 10.5 Å². The van der Waals surface area contributed by atoms with Gasteiger partial charge >= 0.3 is 0 Å². The Labute approximate surface area is 186 Å². The molecule has 6 nitrogen and oxygen atoms in total. The van der Waals surface area contributed by atoms with Gasteiger partial charge in [0.05, 0.1) is 25.0 Å². The number of carbonyl (C=O) groups is 1. The van der Waals surface area contributed by atoms with Gasteiger partial charge in [0.1, 0.15) is 12.4 Å². The lowest BCUT2D eigenvalue weighted by Crippen LogP contribution is -2.17. The van der Waals surface area contributed by atoms with Crippen molar-refractivity contribution in [3.8, 4) is 17.2 Å². The minimum absolute atomic E-state index is 0.335. The van der Waals surface area contributed by atoms with E-state index in [9.17, 15) is 4.79 Å². The molecule has 0 aliphatic carbocycles. The number of hydrogen-bond donors (Lipinski definition) is 1. The molecule has 0 unspecified atom stereocenters. The molecule has 0 atom stereocenters. The fourth-order valence-corrected chi connectivity index (χ4v) is 3.04. The van der Waals surface area contributed by atoms with Crippen LogP contribution in [0.2, 0.25) is 5.02 Å². The normalized spacial score (nSPS) is 10.7. The zero-order valence-corrected chi connectivity index (χ0v) is 18.1. The lowest BCUT2D eigenvalue weighted by molar-refractivity contribution is 0.0955. The Kier molecular flexibility index (Phi) is 7.90. The molecule has 0 spiro atoms. The Bertz CT molecular complexity index is 1040. The summed E-state index contributed by atoms with van der Waals surface area (Å²) >= 11 is 6.44. The molecule has 0 fully saturated rings. The summed E-state index contributed by atoms with van der Waals surface area (Å²) in [5, 5.41) is 4.41. The van der Waals surface area contributed by atoms with Gasteiger partial charge in [-0.05, 0) is 54.4 Å². The quantitative estimate of drug-likeness (QED) is 0.373. The highest BCUT2D eigenvalue weighted by molar-refractivity contribution is 6.32. The summed E-state index contributed by atoms with van der Waals surface area (Å²) in [5.74, 6) is 1.31. The van der Waals surface area contributed by atoms with Crippen molar-refractivity contribution in [1.29, 1.82) is 0 Å². The number of benzene rings is 3. The predicted octanol–water partition coefficient (Wildman–Crippen LogP) is 5.09. The number of nitrogens with zero attached hydrogens (tertiary/aromatic N) is 1. The number of rotatable bonds is 9. The number of carbonyl (C=O) groups excluding carboxylic acids is 1. The van der Waals surface area contributed by atoms with Gasteiger partial charge in [0.15, 0.2) is 11.5 Å². The topological polar surface area (TPSA) is 69.2 Å². The number of nitrogens with one attached hydrogen (secondary N) is 1. The summed E-state index contributed by atoms with van der Waals surface area (Å²) in [6, 6.07) is 20.0. The molecule has 31 heavy (non-hydrogen) atoms. The molecule has 3 aromatic rings. The molecule has 1 amide bonds. The zero-order valence-electron chi connectivity index (χ0n) is 17.3. The minimum Gasteiger partial charge on any atom is -0.497 e. The molecule has 0 aliphatic heterocycles. The summed E-state index contributed by atoms with van der Waals surface area (Å²) < 4.78 is 16.7. The van der Waals surface area contributed by atoms with Gasteiger partial charge in [-0.2, -0.15) is 5.10 Å². The number of halogens is 1. The van der Waals surface area contributed by atoms with Gasteiger partial charge in [-0.3, -0.25) is 4.79 Å². The highest BCUT2D eigenvalue weighted by Crippen LogP contribution is 2.37. The van der Waals surface area contributed by atoms with Crippen molar-refractivity contribution >= 4 is 23.7 Å². The largest absolute Gasteiger partial charge is 0.497 e. The van der Waals surface area contributed by atoms with E-state index in [1.54, 1.807) is 43.5 Å². The Morgan fingerprint density at radius 2 is 1.81 bits per heavy atom. The average molecular weight is 439 g/mol. The van der Waals surface area contributed by atoms with Gasteiger partial charge in [0.2, 0.25) is 0 Å². The van der Waals surface area contributed by atoms with E-state index >= 15 is 0 Å². The first-order chi connectivity index (χ1) is 15.1. The molecule has 0 saturated carbocycles. The molecule has 3 rings (SSSR count). The van der Waals surface area contributed by atoms with Gasteiger partial charge in [0.25, 0.3) is 5.91 Å². The van der Waals surface area contributed by atoms with Crippen molar-refractivity contribution in [1.82, 2.24) is 5.43 Å². The standard InChI is InChI=1S/C24H23ClN2O4/c1-3-30-22-14-18(13-21(25)23(22)31-16-17-7-5-4-6-8-17)15-26-27-24(28)19-9-11-20(29-2)12-10-19/h4-15H,3,16H2,1-2H3,(H,27,28)/b26-15-. The Morgan fingerprint density at radius 3 is 2.48 bits per heavy atom. The molecule has 3 aromatic carbocycles. The van der Waals surface area contributed by atoms with Crippen LogP contribution in [0.5, 0.6) is 17.2 Å². The maximum atomic E-state index is 12.2. The molecule has 1 N–H and O–H groups in total. The monoisotopic (exact) mass is 438 g/mol. The minimum atomic E-state index is -0.335. The molecule has 0 aliphatic rings. The van der Waals surface area contributed by atoms with Crippen LogP contribution in [0.1, 0.15) is 28.4 Å². The van der Waals surface area contributed by atoms with Crippen LogP contribution < -0.4 is 19.6 Å². The Hall–Kier alpha value is -3.51. The van der Waals surface area contributed by atoms with Crippen LogP contribution in [0.25, 0.3) is 0 Å². The van der Waals surface area contributed by atoms with Crippen LogP contribution in [0.4, 0.5) is 0 Å². The van der Waals surface area contributed by atoms with Crippen molar-refractivity contribution in [3.05, 3.63) is 88.4 Å². The highest BCUT2D eigenvalue weighted by Gasteiger charge is 2.13. The lowest BCUT2D eigenvalue weighted by Gasteiger charge is -2.14. The number of amides is 1. The highest BCUT2D eigenvalue weighted by atomic mass is 35.5. The Morgan fingerprint density at radius 1 is 1.06 bits per heavy atom. The second kappa shape index (κ2) is 11.0. The number of hydrogen-bond acceptors (Lipinski definition) is 5. The smallest absolute Gasteiger partial charge is 0.271 e. The van der Waals surface area contributed by atoms with Gasteiger partial charge in [-0.1, -0.05) is 41.9 Å². The number of hydrazone groups is 1. The van der Waals surface area contributed by atoms with Crippen LogP contribution in [-0.2, 0) is 6.61 Å². The van der Waals surface area contributed by atoms with Crippen LogP contribution in [0.3, 0.4) is 0 Å². The molecular formula is C24H23ClN2O4. The van der Waals surface area contributed by atoms with E-state index < -0.39 is 0 Å². The van der Waals surface area contributed by atoms with Crippen molar-refractivity contribution in [3.63, 3.8) is 0 Å². The summed E-state index contributed by atoms with van der Waals surface area (Å²) in [6.45, 7) is 2.70. The van der Waals surface area contributed by atoms with Crippen molar-refractivity contribution < 1.29 is 19.0 Å². The molecule has 160 valence electrons. The Balaban J connectivity index is 1.69. The van der Waals surface area contributed by atoms with Gasteiger partial charge in [0, 0.05) is 5.56 Å². The first kappa shape index (κ1) is 22.2. The summed E-state index contributed by atoms with van der Waals surface area (Å²) in [6.07, 6.45) is 1.50. The molecular weight excluding hydrogens is 416 g/mol. The lowest BCUT2D eigenvalue weighted by atomic mass is 10.2. The predicted molar refractivity (Wildman–Crippen MR) is 121 cm³/mol. The maximum absolute atomic E-state index is 12.2. The van der Waals surface area contributed by atoms with Crippen molar-refractivity contribution in [2.24, 2.45) is 5.10 Å². The molecule has 7 heteroatoms. The summed E-state index contributed by atoms with van der Waals surface area (Å²) in [5.41, 5.74) is 4.64. The second-order valence-electron chi connectivity index (χ2n) is 6.46. The fourth-order valence-electron chi connectivity index (χ4n) is 2.77. The number of ether oxygens (including phenoxy) is 3. The zero-order chi connectivity index (χ0) is 22.1. The third-order valence-electron chi connectivity index (χ3n) is 4.29.